The molecule has 0 unspecified atom stereocenters. The van der Waals surface area contributed by atoms with Crippen molar-refractivity contribution in [1.82, 2.24) is 5.43 Å². The molecule has 0 radical (unpaired) electrons. The number of hydrazine groups is 1. The molecule has 1 amide bonds. The van der Waals surface area contributed by atoms with E-state index in [1.54, 1.807) is 0 Å². The first kappa shape index (κ1) is 11.5. The fraction of sp³-hybridized carbons (Fsp3) is 0.818. The molecule has 16 heavy (non-hydrogen) atoms. The third-order valence-electron chi connectivity index (χ3n) is 5.31. The van der Waals surface area contributed by atoms with Crippen molar-refractivity contribution in [2.45, 2.75) is 39.7 Å². The summed E-state index contributed by atoms with van der Waals surface area (Å²) in [6, 6.07) is 0. The van der Waals surface area contributed by atoms with Crippen LogP contribution in [-0.4, -0.2) is 22.9 Å². The number of hydrogen-bond donors (Lipinski definition) is 3. The van der Waals surface area contributed by atoms with E-state index in [-0.39, 0.29) is 5.78 Å². The van der Waals surface area contributed by atoms with Crippen LogP contribution in [0.25, 0.3) is 0 Å². The molecule has 2 fully saturated rings. The maximum atomic E-state index is 12.1. The van der Waals surface area contributed by atoms with Crippen LogP contribution in [0.1, 0.15) is 33.6 Å². The van der Waals surface area contributed by atoms with E-state index in [0.717, 1.165) is 0 Å². The average Bonchev–Trinajstić information content (AvgIpc) is 2.51. The number of aliphatic hydroxyl groups is 1. The van der Waals surface area contributed by atoms with Crippen molar-refractivity contribution in [1.29, 1.82) is 0 Å². The van der Waals surface area contributed by atoms with E-state index in [0.29, 0.717) is 12.8 Å². The Bertz CT molecular complexity index is 379. The topological polar surface area (TPSA) is 92.4 Å². The molecule has 2 rings (SSSR count). The molecule has 3 atom stereocenters. The Labute approximate surface area is 94.4 Å². The molecule has 0 aromatic rings. The molecule has 0 heterocycles. The molecule has 0 spiro atoms. The zero-order valence-corrected chi connectivity index (χ0v) is 9.83. The minimum atomic E-state index is -1.23. The number of carbonyl (C=O) groups excluding carboxylic acids is 2. The lowest BCUT2D eigenvalue weighted by Gasteiger charge is -2.38. The lowest BCUT2D eigenvalue weighted by molar-refractivity contribution is -0.148. The Kier molecular flexibility index (Phi) is 2.05. The number of hydrogen-bond acceptors (Lipinski definition) is 4. The molecule has 0 aromatic carbocycles. The molecule has 5 nitrogen and oxygen atoms in total. The van der Waals surface area contributed by atoms with Crippen LogP contribution < -0.4 is 11.3 Å². The number of rotatable bonds is 1. The van der Waals surface area contributed by atoms with Gasteiger partial charge < -0.3 is 5.11 Å². The van der Waals surface area contributed by atoms with Crippen LogP contribution in [0.3, 0.4) is 0 Å². The first-order chi connectivity index (χ1) is 7.25. The standard InChI is InChI=1S/C11H18N2O3/c1-9(2)10(3)4-5-11(9,8(16)13-12)7(15)6(10)14/h7,15H,4-5,12H2,1-3H3,(H,13,16)/t7-,10+,11-/m1/s1. The third kappa shape index (κ3) is 0.822. The molecule has 2 bridgehead atoms. The van der Waals surface area contributed by atoms with Crippen molar-refractivity contribution in [3.05, 3.63) is 0 Å². The second kappa shape index (κ2) is 2.84. The van der Waals surface area contributed by atoms with Gasteiger partial charge in [-0.15, -0.1) is 0 Å². The maximum Gasteiger partial charge on any atom is 0.243 e. The SMILES string of the molecule is CC1(C)[C@@]2(C)CC[C@]1(C(=O)NN)[C@H](O)C2=O. The zero-order chi connectivity index (χ0) is 12.4. The first-order valence-electron chi connectivity index (χ1n) is 5.49. The lowest BCUT2D eigenvalue weighted by Crippen LogP contribution is -2.54. The van der Waals surface area contributed by atoms with Gasteiger partial charge in [0, 0.05) is 5.41 Å². The number of Topliss-reactive ketones (excluding diaryl/α,β-unsaturated/α-hetero) is 1. The highest BCUT2D eigenvalue weighted by Crippen LogP contribution is 2.70. The first-order valence-corrected chi connectivity index (χ1v) is 5.49. The Balaban J connectivity index is 2.63. The minimum absolute atomic E-state index is 0.229. The van der Waals surface area contributed by atoms with E-state index in [1.165, 1.54) is 0 Å². The lowest BCUT2D eigenvalue weighted by atomic mass is 9.64. The van der Waals surface area contributed by atoms with Crippen LogP contribution in [-0.2, 0) is 9.59 Å². The van der Waals surface area contributed by atoms with Gasteiger partial charge >= 0.3 is 0 Å². The highest BCUT2D eigenvalue weighted by molar-refractivity contribution is 6.02. The molecule has 4 N–H and O–H groups in total. The second-order valence-corrected chi connectivity index (χ2v) is 5.67. The van der Waals surface area contributed by atoms with Gasteiger partial charge in [0.1, 0.15) is 6.10 Å². The largest absolute Gasteiger partial charge is 0.384 e. The third-order valence-corrected chi connectivity index (χ3v) is 5.31. The molecule has 5 heteroatoms. The summed E-state index contributed by atoms with van der Waals surface area (Å²) in [4.78, 5) is 24.0. The van der Waals surface area contributed by atoms with Gasteiger partial charge in [0.05, 0.1) is 5.41 Å². The average molecular weight is 226 g/mol. The van der Waals surface area contributed by atoms with Gasteiger partial charge in [-0.25, -0.2) is 5.84 Å². The van der Waals surface area contributed by atoms with Gasteiger partial charge in [-0.1, -0.05) is 20.8 Å². The normalized spacial score (nSPS) is 44.8. The van der Waals surface area contributed by atoms with Crippen LogP contribution in [0, 0.1) is 16.2 Å². The van der Waals surface area contributed by atoms with Crippen molar-refractivity contribution >= 4 is 11.7 Å². The quantitative estimate of drug-likeness (QED) is 0.326. The fourth-order valence-corrected chi connectivity index (χ4v) is 3.65. The van der Waals surface area contributed by atoms with Gasteiger partial charge in [-0.2, -0.15) is 0 Å². The van der Waals surface area contributed by atoms with E-state index in [4.69, 9.17) is 5.84 Å². The highest BCUT2D eigenvalue weighted by Gasteiger charge is 2.77. The molecule has 2 aliphatic rings. The smallest absolute Gasteiger partial charge is 0.243 e. The molecule has 0 saturated heterocycles. The summed E-state index contributed by atoms with van der Waals surface area (Å²) in [5, 5.41) is 10.1. The molecule has 2 aliphatic carbocycles. The summed E-state index contributed by atoms with van der Waals surface area (Å²) in [6.45, 7) is 5.56. The summed E-state index contributed by atoms with van der Waals surface area (Å²) in [5.41, 5.74) is -0.159. The zero-order valence-electron chi connectivity index (χ0n) is 9.83. The number of carbonyl (C=O) groups is 2. The molecular weight excluding hydrogens is 208 g/mol. The molecular formula is C11H18N2O3. The van der Waals surface area contributed by atoms with Crippen molar-refractivity contribution in [2.24, 2.45) is 22.1 Å². The van der Waals surface area contributed by atoms with Gasteiger partial charge in [0.15, 0.2) is 5.78 Å². The number of nitrogens with two attached hydrogens (primary N) is 1. The number of ketones is 1. The van der Waals surface area contributed by atoms with Gasteiger partial charge in [-0.05, 0) is 18.3 Å². The van der Waals surface area contributed by atoms with Crippen molar-refractivity contribution in [3.63, 3.8) is 0 Å². The molecule has 0 aliphatic heterocycles. The van der Waals surface area contributed by atoms with E-state index in [1.807, 2.05) is 20.8 Å². The number of aliphatic hydroxyl groups excluding tert-OH is 1. The predicted octanol–water partition coefficient (Wildman–Crippen LogP) is -0.267. The Morgan fingerprint density at radius 3 is 2.38 bits per heavy atom. The molecule has 90 valence electrons. The maximum absolute atomic E-state index is 12.1. The second-order valence-electron chi connectivity index (χ2n) is 5.67. The number of amides is 1. The Morgan fingerprint density at radius 1 is 1.44 bits per heavy atom. The van der Waals surface area contributed by atoms with Crippen LogP contribution in [0.4, 0.5) is 0 Å². The van der Waals surface area contributed by atoms with Crippen LogP contribution in [0.2, 0.25) is 0 Å². The predicted molar refractivity (Wildman–Crippen MR) is 56.9 cm³/mol. The van der Waals surface area contributed by atoms with Crippen molar-refractivity contribution < 1.29 is 14.7 Å². The highest BCUT2D eigenvalue weighted by atomic mass is 16.3. The number of fused-ring (bicyclic) bond motifs is 2. The van der Waals surface area contributed by atoms with Crippen LogP contribution in [0.5, 0.6) is 0 Å². The summed E-state index contributed by atoms with van der Waals surface area (Å²) in [6.07, 6.45) is -0.0970. The number of nitrogens with one attached hydrogen (secondary N) is 1. The van der Waals surface area contributed by atoms with E-state index in [9.17, 15) is 14.7 Å². The minimum Gasteiger partial charge on any atom is -0.384 e. The van der Waals surface area contributed by atoms with Crippen LogP contribution >= 0.6 is 0 Å². The Morgan fingerprint density at radius 2 is 2.00 bits per heavy atom. The van der Waals surface area contributed by atoms with Gasteiger partial charge in [-0.3, -0.25) is 15.0 Å². The van der Waals surface area contributed by atoms with Gasteiger partial charge in [0.2, 0.25) is 5.91 Å². The molecule has 2 saturated carbocycles. The summed E-state index contributed by atoms with van der Waals surface area (Å²) in [7, 11) is 0. The van der Waals surface area contributed by atoms with Crippen molar-refractivity contribution in [2.75, 3.05) is 0 Å². The summed E-state index contributed by atoms with van der Waals surface area (Å²) in [5.74, 6) is 4.52. The Hall–Kier alpha value is -0.940. The van der Waals surface area contributed by atoms with E-state index >= 15 is 0 Å². The van der Waals surface area contributed by atoms with Crippen LogP contribution in [0.15, 0.2) is 0 Å². The monoisotopic (exact) mass is 226 g/mol. The van der Waals surface area contributed by atoms with Gasteiger partial charge in [0.25, 0.3) is 0 Å². The van der Waals surface area contributed by atoms with E-state index in [2.05, 4.69) is 5.43 Å². The summed E-state index contributed by atoms with van der Waals surface area (Å²) < 4.78 is 0. The fourth-order valence-electron chi connectivity index (χ4n) is 3.65. The van der Waals surface area contributed by atoms with Crippen molar-refractivity contribution in [3.8, 4) is 0 Å². The molecule has 0 aromatic heterocycles. The van der Waals surface area contributed by atoms with E-state index < -0.39 is 28.3 Å². The summed E-state index contributed by atoms with van der Waals surface area (Å²) >= 11 is 0.